The maximum Gasteiger partial charge on any atom is 0.397 e. The summed E-state index contributed by atoms with van der Waals surface area (Å²) < 4.78 is 4.50. The van der Waals surface area contributed by atoms with Gasteiger partial charge in [-0.15, -0.1) is 0 Å². The molecule has 86 valence electrons. The van der Waals surface area contributed by atoms with Crippen LogP contribution in [0.5, 0.6) is 0 Å². The fourth-order valence-electron chi connectivity index (χ4n) is 1.11. The molecular formula is C9H10N2O5. The monoisotopic (exact) mass is 226 g/mol. The summed E-state index contributed by atoms with van der Waals surface area (Å²) in [7, 11) is 0. The van der Waals surface area contributed by atoms with E-state index >= 15 is 0 Å². The van der Waals surface area contributed by atoms with Crippen molar-refractivity contribution in [1.82, 2.24) is 4.90 Å². The Bertz CT molecular complexity index is 385. The van der Waals surface area contributed by atoms with E-state index in [9.17, 15) is 19.7 Å². The number of allylic oxidation sites excluding steroid dienone is 2. The predicted octanol–water partition coefficient (Wildman–Crippen LogP) is 0.0660. The lowest BCUT2D eigenvalue weighted by Crippen LogP contribution is -2.37. The van der Waals surface area contributed by atoms with E-state index in [1.807, 2.05) is 0 Å². The summed E-state index contributed by atoms with van der Waals surface area (Å²) in [5.41, 5.74) is -0.153. The molecule has 0 radical (unpaired) electrons. The number of nitrogens with zero attached hydrogens (tertiary/aromatic N) is 2. The number of carbonyl (C=O) groups is 2. The van der Waals surface area contributed by atoms with Gasteiger partial charge in [-0.25, -0.2) is 4.79 Å². The van der Waals surface area contributed by atoms with Crippen molar-refractivity contribution in [3.63, 3.8) is 0 Å². The number of nitro groups is 1. The third-order valence-electron chi connectivity index (χ3n) is 1.83. The van der Waals surface area contributed by atoms with Crippen LogP contribution in [0.4, 0.5) is 0 Å². The first-order chi connectivity index (χ1) is 7.56. The Balaban J connectivity index is 2.68. The van der Waals surface area contributed by atoms with Crippen molar-refractivity contribution in [3.05, 3.63) is 34.2 Å². The average Bonchev–Trinajstić information content (AvgIpc) is 2.28. The lowest BCUT2D eigenvalue weighted by Gasteiger charge is -2.17. The van der Waals surface area contributed by atoms with Crippen LogP contribution in [0.15, 0.2) is 24.0 Å². The molecular weight excluding hydrogens is 216 g/mol. The van der Waals surface area contributed by atoms with Crippen LogP contribution >= 0.6 is 0 Å². The highest BCUT2D eigenvalue weighted by atomic mass is 16.6. The summed E-state index contributed by atoms with van der Waals surface area (Å²) in [5, 5.41) is 10.5. The molecule has 0 aromatic carbocycles. The molecule has 7 heteroatoms. The summed E-state index contributed by atoms with van der Waals surface area (Å²) in [5.74, 6) is -1.93. The van der Waals surface area contributed by atoms with Crippen molar-refractivity contribution in [2.45, 2.75) is 6.92 Å². The van der Waals surface area contributed by atoms with Crippen LogP contribution in [0, 0.1) is 10.1 Å². The van der Waals surface area contributed by atoms with Crippen LogP contribution in [0.2, 0.25) is 0 Å². The Morgan fingerprint density at radius 3 is 2.88 bits per heavy atom. The molecule has 0 saturated carbocycles. The maximum atomic E-state index is 11.4. The molecule has 0 saturated heterocycles. The maximum absolute atomic E-state index is 11.4. The molecule has 1 aliphatic heterocycles. The lowest BCUT2D eigenvalue weighted by molar-refractivity contribution is -0.427. The summed E-state index contributed by atoms with van der Waals surface area (Å²) in [4.78, 5) is 33.3. The highest BCUT2D eigenvalue weighted by Crippen LogP contribution is 2.08. The van der Waals surface area contributed by atoms with E-state index in [2.05, 4.69) is 4.74 Å². The second-order valence-electron chi connectivity index (χ2n) is 2.91. The first-order valence-electron chi connectivity index (χ1n) is 4.55. The van der Waals surface area contributed by atoms with Crippen molar-refractivity contribution in [3.8, 4) is 0 Å². The lowest BCUT2D eigenvalue weighted by atomic mass is 10.3. The van der Waals surface area contributed by atoms with Gasteiger partial charge in [0.15, 0.2) is 0 Å². The highest BCUT2D eigenvalue weighted by molar-refractivity contribution is 6.32. The zero-order chi connectivity index (χ0) is 12.1. The van der Waals surface area contributed by atoms with Gasteiger partial charge in [-0.3, -0.25) is 19.8 Å². The highest BCUT2D eigenvalue weighted by Gasteiger charge is 2.27. The quantitative estimate of drug-likeness (QED) is 0.287. The van der Waals surface area contributed by atoms with Crippen molar-refractivity contribution >= 4 is 11.9 Å². The third-order valence-corrected chi connectivity index (χ3v) is 1.83. The molecule has 16 heavy (non-hydrogen) atoms. The summed E-state index contributed by atoms with van der Waals surface area (Å²) in [6.45, 7) is 1.42. The molecule has 0 N–H and O–H groups in total. The number of esters is 1. The number of ether oxygens (including phenoxy) is 1. The van der Waals surface area contributed by atoms with Gasteiger partial charge in [0.2, 0.25) is 0 Å². The van der Waals surface area contributed by atoms with Gasteiger partial charge in [0.05, 0.1) is 11.5 Å². The van der Waals surface area contributed by atoms with Crippen LogP contribution in [0.3, 0.4) is 0 Å². The van der Waals surface area contributed by atoms with Gasteiger partial charge in [-0.05, 0) is 13.0 Å². The van der Waals surface area contributed by atoms with Crippen molar-refractivity contribution in [2.24, 2.45) is 0 Å². The number of hydrogen-bond acceptors (Lipinski definition) is 5. The fourth-order valence-corrected chi connectivity index (χ4v) is 1.11. The van der Waals surface area contributed by atoms with Crippen LogP contribution in [-0.2, 0) is 14.3 Å². The number of carbonyl (C=O) groups excluding carboxylic acids is 2. The molecule has 1 amide bonds. The Kier molecular flexibility index (Phi) is 3.76. The van der Waals surface area contributed by atoms with Crippen molar-refractivity contribution in [1.29, 1.82) is 0 Å². The average molecular weight is 226 g/mol. The van der Waals surface area contributed by atoms with E-state index in [0.717, 1.165) is 4.90 Å². The van der Waals surface area contributed by atoms with E-state index in [1.54, 1.807) is 6.92 Å². The van der Waals surface area contributed by atoms with Gasteiger partial charge in [0, 0.05) is 12.3 Å². The molecule has 1 rings (SSSR count). The van der Waals surface area contributed by atoms with Gasteiger partial charge >= 0.3 is 11.9 Å². The minimum absolute atomic E-state index is 0.0834. The molecule has 0 unspecified atom stereocenters. The van der Waals surface area contributed by atoms with Crippen LogP contribution in [0.25, 0.3) is 0 Å². The van der Waals surface area contributed by atoms with Crippen molar-refractivity contribution < 1.29 is 19.2 Å². The molecule has 1 aliphatic rings. The normalized spacial score (nSPS) is 14.3. The molecule has 7 nitrogen and oxygen atoms in total. The third kappa shape index (κ3) is 2.66. The topological polar surface area (TPSA) is 89.8 Å². The van der Waals surface area contributed by atoms with Gasteiger partial charge in [0.1, 0.15) is 6.54 Å². The molecule has 0 fully saturated rings. The first kappa shape index (κ1) is 11.9. The molecule has 0 spiro atoms. The Morgan fingerprint density at radius 2 is 2.31 bits per heavy atom. The molecule has 0 bridgehead atoms. The Morgan fingerprint density at radius 1 is 1.62 bits per heavy atom. The Hall–Kier alpha value is -2.18. The molecule has 0 aliphatic carbocycles. The second kappa shape index (κ2) is 5.06. The van der Waals surface area contributed by atoms with Gasteiger partial charge in [-0.1, -0.05) is 0 Å². The van der Waals surface area contributed by atoms with E-state index in [4.69, 9.17) is 0 Å². The zero-order valence-electron chi connectivity index (χ0n) is 8.58. The van der Waals surface area contributed by atoms with E-state index in [-0.39, 0.29) is 18.8 Å². The minimum atomic E-state index is -1.02. The smallest absolute Gasteiger partial charge is 0.397 e. The fraction of sp³-hybridized carbons (Fsp3) is 0.333. The molecule has 0 atom stereocenters. The van der Waals surface area contributed by atoms with E-state index in [1.165, 1.54) is 18.4 Å². The summed E-state index contributed by atoms with van der Waals surface area (Å²) in [6, 6.07) is 0. The van der Waals surface area contributed by atoms with Crippen LogP contribution in [0.1, 0.15) is 6.92 Å². The summed E-state index contributed by atoms with van der Waals surface area (Å²) >= 11 is 0. The first-order valence-corrected chi connectivity index (χ1v) is 4.55. The van der Waals surface area contributed by atoms with E-state index < -0.39 is 16.8 Å². The number of amides is 1. The SMILES string of the molecule is CCOC(=O)C(=O)N1C=CC=C([N+](=O)[O-])C1. The minimum Gasteiger partial charge on any atom is -0.459 e. The Labute approximate surface area is 91.1 Å². The van der Waals surface area contributed by atoms with Gasteiger partial charge in [-0.2, -0.15) is 0 Å². The second-order valence-corrected chi connectivity index (χ2v) is 2.91. The molecule has 0 aromatic rings. The van der Waals surface area contributed by atoms with Crippen LogP contribution in [-0.4, -0.2) is 34.9 Å². The summed E-state index contributed by atoms with van der Waals surface area (Å²) in [6.07, 6.45) is 3.90. The van der Waals surface area contributed by atoms with Gasteiger partial charge in [0.25, 0.3) is 5.70 Å². The van der Waals surface area contributed by atoms with Crippen LogP contribution < -0.4 is 0 Å². The van der Waals surface area contributed by atoms with E-state index in [0.29, 0.717) is 0 Å². The number of hydrogen-bond donors (Lipinski definition) is 0. The van der Waals surface area contributed by atoms with Crippen molar-refractivity contribution in [2.75, 3.05) is 13.2 Å². The molecule has 0 aromatic heterocycles. The standard InChI is InChI=1S/C9H10N2O5/c1-2-16-9(13)8(12)10-5-3-4-7(6-10)11(14)15/h3-5H,2,6H2,1H3. The molecule has 1 heterocycles. The number of rotatable bonds is 2. The zero-order valence-corrected chi connectivity index (χ0v) is 8.58. The van der Waals surface area contributed by atoms with Gasteiger partial charge < -0.3 is 4.74 Å². The predicted molar refractivity (Wildman–Crippen MR) is 52.6 cm³/mol. The largest absolute Gasteiger partial charge is 0.459 e.